The number of amides is 1. The van der Waals surface area contributed by atoms with Crippen molar-refractivity contribution in [1.29, 1.82) is 0 Å². The van der Waals surface area contributed by atoms with Crippen molar-refractivity contribution in [2.75, 3.05) is 19.6 Å². The number of carbonyl (C=O) groups is 1. The van der Waals surface area contributed by atoms with Gasteiger partial charge in [-0.25, -0.2) is 4.79 Å². The minimum absolute atomic E-state index is 0.154. The van der Waals surface area contributed by atoms with Gasteiger partial charge in [0.25, 0.3) is 0 Å². The van der Waals surface area contributed by atoms with Gasteiger partial charge in [0.05, 0.1) is 0 Å². The minimum atomic E-state index is -0.422. The van der Waals surface area contributed by atoms with Crippen LogP contribution in [0.3, 0.4) is 0 Å². The Labute approximate surface area is 148 Å². The first-order valence-electron chi connectivity index (χ1n) is 9.62. The lowest BCUT2D eigenvalue weighted by atomic mass is 9.83. The summed E-state index contributed by atoms with van der Waals surface area (Å²) in [5.41, 5.74) is 1.10. The molecule has 0 aromatic carbocycles. The molecule has 4 heteroatoms. The van der Waals surface area contributed by atoms with E-state index in [0.717, 1.165) is 38.4 Å². The highest BCUT2D eigenvalue weighted by Gasteiger charge is 2.30. The van der Waals surface area contributed by atoms with E-state index in [1.165, 1.54) is 24.8 Å². The van der Waals surface area contributed by atoms with E-state index >= 15 is 0 Å². The van der Waals surface area contributed by atoms with Crippen molar-refractivity contribution in [3.8, 4) is 0 Å². The van der Waals surface area contributed by atoms with Crippen LogP contribution in [0.2, 0.25) is 0 Å². The van der Waals surface area contributed by atoms with Crippen molar-refractivity contribution >= 4 is 6.09 Å². The molecule has 138 valence electrons. The molecule has 0 saturated carbocycles. The summed E-state index contributed by atoms with van der Waals surface area (Å²) in [6.07, 6.45) is 8.09. The predicted octanol–water partition coefficient (Wildman–Crippen LogP) is 4.36. The lowest BCUT2D eigenvalue weighted by molar-refractivity contribution is 0.00987. The Balaban J connectivity index is 1.81. The number of ether oxygens (including phenoxy) is 1. The van der Waals surface area contributed by atoms with Gasteiger partial charge in [-0.2, -0.15) is 0 Å². The van der Waals surface area contributed by atoms with Crippen LogP contribution < -0.4 is 5.32 Å². The molecular formula is C20H36N2O2. The van der Waals surface area contributed by atoms with Crippen molar-refractivity contribution in [2.45, 2.75) is 78.4 Å². The SMILES string of the molecule is CC1=CC(C)CC(CNCC2CCCCN2C(=O)OC(C)(C)C)C1. The molecule has 1 saturated heterocycles. The Morgan fingerprint density at radius 1 is 1.33 bits per heavy atom. The van der Waals surface area contributed by atoms with Crippen molar-refractivity contribution < 1.29 is 9.53 Å². The number of nitrogens with zero attached hydrogens (tertiary/aromatic N) is 1. The highest BCUT2D eigenvalue weighted by atomic mass is 16.6. The van der Waals surface area contributed by atoms with Crippen LogP contribution in [-0.4, -0.2) is 42.3 Å². The fraction of sp³-hybridized carbons (Fsp3) is 0.850. The standard InChI is InChI=1S/C20H36N2O2/c1-15-10-16(2)12-17(11-15)13-21-14-18-8-6-7-9-22(18)19(23)24-20(3,4)5/h10,15,17-18,21H,6-9,11-14H2,1-5H3. The zero-order valence-corrected chi connectivity index (χ0v) is 16.2. The average molecular weight is 337 g/mol. The molecule has 1 N–H and O–H groups in total. The molecule has 0 aromatic heterocycles. The number of rotatable bonds is 4. The summed E-state index contributed by atoms with van der Waals surface area (Å²) in [6.45, 7) is 13.1. The molecule has 2 rings (SSSR count). The normalized spacial score (nSPS) is 28.5. The van der Waals surface area contributed by atoms with Crippen LogP contribution in [0.4, 0.5) is 4.79 Å². The topological polar surface area (TPSA) is 41.6 Å². The van der Waals surface area contributed by atoms with Crippen LogP contribution in [-0.2, 0) is 4.74 Å². The molecule has 0 bridgehead atoms. The Kier molecular flexibility index (Phi) is 6.73. The van der Waals surface area contributed by atoms with Crippen LogP contribution in [0.1, 0.15) is 66.7 Å². The molecule has 1 amide bonds. The fourth-order valence-corrected chi connectivity index (χ4v) is 4.07. The summed E-state index contributed by atoms with van der Waals surface area (Å²) in [5, 5.41) is 3.64. The minimum Gasteiger partial charge on any atom is -0.444 e. The lowest BCUT2D eigenvalue weighted by Crippen LogP contribution is -2.50. The highest BCUT2D eigenvalue weighted by Crippen LogP contribution is 2.27. The third-order valence-corrected chi connectivity index (χ3v) is 4.95. The van der Waals surface area contributed by atoms with Crippen LogP contribution in [0.25, 0.3) is 0 Å². The quantitative estimate of drug-likeness (QED) is 0.776. The van der Waals surface area contributed by atoms with Gasteiger partial charge in [0.1, 0.15) is 5.60 Å². The van der Waals surface area contributed by atoms with Gasteiger partial charge in [-0.1, -0.05) is 18.6 Å². The van der Waals surface area contributed by atoms with Gasteiger partial charge >= 0.3 is 6.09 Å². The first kappa shape index (κ1) is 19.3. The summed E-state index contributed by atoms with van der Waals surface area (Å²) in [6, 6.07) is 0.270. The summed E-state index contributed by atoms with van der Waals surface area (Å²) in [4.78, 5) is 14.4. The molecule has 2 aliphatic rings. The number of hydrogen-bond donors (Lipinski definition) is 1. The second kappa shape index (κ2) is 8.37. The third-order valence-electron chi connectivity index (χ3n) is 4.95. The molecule has 0 aromatic rings. The first-order valence-corrected chi connectivity index (χ1v) is 9.62. The van der Waals surface area contributed by atoms with Crippen LogP contribution >= 0.6 is 0 Å². The maximum atomic E-state index is 12.4. The Morgan fingerprint density at radius 2 is 2.08 bits per heavy atom. The summed E-state index contributed by atoms with van der Waals surface area (Å²) in [5.74, 6) is 1.42. The molecule has 1 aliphatic carbocycles. The van der Waals surface area contributed by atoms with Gasteiger partial charge in [-0.05, 0) is 78.2 Å². The van der Waals surface area contributed by atoms with Gasteiger partial charge in [-0.15, -0.1) is 0 Å². The predicted molar refractivity (Wildman–Crippen MR) is 99.1 cm³/mol. The van der Waals surface area contributed by atoms with E-state index in [1.54, 1.807) is 0 Å². The Morgan fingerprint density at radius 3 is 2.75 bits per heavy atom. The maximum Gasteiger partial charge on any atom is 0.410 e. The average Bonchev–Trinajstić information content (AvgIpc) is 2.45. The van der Waals surface area contributed by atoms with Crippen molar-refractivity contribution in [1.82, 2.24) is 10.2 Å². The number of allylic oxidation sites excluding steroid dienone is 2. The van der Waals surface area contributed by atoms with Crippen molar-refractivity contribution in [2.24, 2.45) is 11.8 Å². The molecule has 3 unspecified atom stereocenters. The molecular weight excluding hydrogens is 300 g/mol. The monoisotopic (exact) mass is 336 g/mol. The number of carbonyl (C=O) groups excluding carboxylic acids is 1. The molecule has 24 heavy (non-hydrogen) atoms. The largest absolute Gasteiger partial charge is 0.444 e. The van der Waals surface area contributed by atoms with E-state index in [9.17, 15) is 4.79 Å². The zero-order valence-electron chi connectivity index (χ0n) is 16.2. The maximum absolute atomic E-state index is 12.4. The first-order chi connectivity index (χ1) is 11.2. The number of hydrogen-bond acceptors (Lipinski definition) is 3. The Bertz CT molecular complexity index is 453. The number of nitrogens with one attached hydrogen (secondary N) is 1. The van der Waals surface area contributed by atoms with Crippen LogP contribution in [0.15, 0.2) is 11.6 Å². The fourth-order valence-electron chi connectivity index (χ4n) is 4.07. The van der Waals surface area contributed by atoms with Gasteiger partial charge in [0.2, 0.25) is 0 Å². The van der Waals surface area contributed by atoms with E-state index in [4.69, 9.17) is 4.74 Å². The highest BCUT2D eigenvalue weighted by molar-refractivity contribution is 5.68. The Hall–Kier alpha value is -1.03. The van der Waals surface area contributed by atoms with E-state index in [0.29, 0.717) is 5.92 Å². The summed E-state index contributed by atoms with van der Waals surface area (Å²) >= 11 is 0. The molecule has 1 aliphatic heterocycles. The van der Waals surface area contributed by atoms with Crippen molar-refractivity contribution in [3.63, 3.8) is 0 Å². The van der Waals surface area contributed by atoms with Crippen molar-refractivity contribution in [3.05, 3.63) is 11.6 Å². The molecule has 1 fully saturated rings. The smallest absolute Gasteiger partial charge is 0.410 e. The van der Waals surface area contributed by atoms with Gasteiger partial charge < -0.3 is 15.0 Å². The molecule has 0 spiro atoms. The van der Waals surface area contributed by atoms with Crippen LogP contribution in [0, 0.1) is 11.8 Å². The van der Waals surface area contributed by atoms with E-state index in [-0.39, 0.29) is 12.1 Å². The number of piperidine rings is 1. The summed E-state index contributed by atoms with van der Waals surface area (Å²) in [7, 11) is 0. The number of likely N-dealkylation sites (tertiary alicyclic amines) is 1. The van der Waals surface area contributed by atoms with E-state index in [1.807, 2.05) is 25.7 Å². The second-order valence-electron chi connectivity index (χ2n) is 8.78. The van der Waals surface area contributed by atoms with E-state index in [2.05, 4.69) is 25.2 Å². The van der Waals surface area contributed by atoms with Gasteiger partial charge in [0, 0.05) is 19.1 Å². The van der Waals surface area contributed by atoms with Gasteiger partial charge in [-0.3, -0.25) is 0 Å². The molecule has 0 radical (unpaired) electrons. The molecule has 4 nitrogen and oxygen atoms in total. The molecule has 1 heterocycles. The van der Waals surface area contributed by atoms with Crippen LogP contribution in [0.5, 0.6) is 0 Å². The molecule has 3 atom stereocenters. The zero-order chi connectivity index (χ0) is 17.7. The lowest BCUT2D eigenvalue weighted by Gasteiger charge is -2.37. The second-order valence-corrected chi connectivity index (χ2v) is 8.78. The third kappa shape index (κ3) is 6.12. The van der Waals surface area contributed by atoms with Gasteiger partial charge in [0.15, 0.2) is 0 Å². The summed E-state index contributed by atoms with van der Waals surface area (Å²) < 4.78 is 5.58. The van der Waals surface area contributed by atoms with E-state index < -0.39 is 5.60 Å².